The van der Waals surface area contributed by atoms with E-state index < -0.39 is 6.10 Å². The van der Waals surface area contributed by atoms with Crippen LogP contribution in [0.25, 0.3) is 11.4 Å². The minimum absolute atomic E-state index is 0.0101. The second-order valence-corrected chi connectivity index (χ2v) is 4.67. The molecule has 7 heteroatoms. The van der Waals surface area contributed by atoms with Crippen LogP contribution in [0, 0.1) is 0 Å². The molecule has 0 fully saturated rings. The summed E-state index contributed by atoms with van der Waals surface area (Å²) in [5.74, 6) is 0.352. The molecule has 0 radical (unpaired) electrons. The summed E-state index contributed by atoms with van der Waals surface area (Å²) in [6.45, 7) is 1.10. The number of nitrogens with one attached hydrogen (secondary N) is 1. The number of aliphatic hydroxyl groups is 2. The monoisotopic (exact) mass is 265 g/mol. The van der Waals surface area contributed by atoms with Crippen LogP contribution in [0.2, 0.25) is 0 Å². The number of hydrogen-bond acceptors (Lipinski definition) is 6. The van der Waals surface area contributed by atoms with Crippen molar-refractivity contribution in [2.45, 2.75) is 19.1 Å². The van der Waals surface area contributed by atoms with E-state index in [2.05, 4.69) is 15.0 Å². The fourth-order valence-corrected chi connectivity index (χ4v) is 2.04. The number of hydrogen-bond donors (Lipinski definition) is 4. The van der Waals surface area contributed by atoms with Gasteiger partial charge >= 0.3 is 0 Å². The van der Waals surface area contributed by atoms with Crippen molar-refractivity contribution in [2.24, 2.45) is 0 Å². The number of anilines is 1. The predicted molar refractivity (Wildman–Crippen MR) is 71.5 cm³/mol. The summed E-state index contributed by atoms with van der Waals surface area (Å²) in [5.41, 5.74) is 8.14. The van der Waals surface area contributed by atoms with E-state index in [0.717, 1.165) is 17.0 Å². The first kappa shape index (κ1) is 13.7. The van der Waals surface area contributed by atoms with Gasteiger partial charge in [0.15, 0.2) is 5.95 Å². The molecule has 0 saturated carbocycles. The first-order chi connectivity index (χ1) is 9.10. The Morgan fingerprint density at radius 2 is 2.32 bits per heavy atom. The highest BCUT2D eigenvalue weighted by molar-refractivity contribution is 5.61. The molecule has 0 aromatic rings. The van der Waals surface area contributed by atoms with Gasteiger partial charge in [-0.2, -0.15) is 0 Å². The van der Waals surface area contributed by atoms with Gasteiger partial charge in [-0.05, 0) is 13.5 Å². The Morgan fingerprint density at radius 1 is 1.53 bits per heavy atom. The zero-order chi connectivity index (χ0) is 13.8. The molecule has 0 aliphatic carbocycles. The molecule has 2 aliphatic rings. The van der Waals surface area contributed by atoms with E-state index in [1.165, 1.54) is 0 Å². The molecule has 7 nitrogen and oxygen atoms in total. The van der Waals surface area contributed by atoms with Gasteiger partial charge in [0.25, 0.3) is 0 Å². The van der Waals surface area contributed by atoms with Crippen LogP contribution in [-0.2, 0) is 6.54 Å². The average molecular weight is 265 g/mol. The van der Waals surface area contributed by atoms with Gasteiger partial charge in [-0.25, -0.2) is 4.98 Å². The third kappa shape index (κ3) is 3.40. The molecule has 0 aromatic carbocycles. The van der Waals surface area contributed by atoms with Gasteiger partial charge in [-0.15, -0.1) is 0 Å². The Balaban J connectivity index is 2.03. The number of aromatic nitrogens is 3. The number of fused-ring (bicyclic) bond motifs is 1. The Hall–Kier alpha value is -1.70. The fraction of sp³-hybridized carbons (Fsp3) is 0.500. The first-order valence-electron chi connectivity index (χ1n) is 6.16. The van der Waals surface area contributed by atoms with E-state index in [1.807, 2.05) is 11.9 Å². The Bertz CT molecular complexity index is 501. The number of H-pyrrole nitrogens is 1. The molecule has 1 atom stereocenters. The highest BCUT2D eigenvalue weighted by Crippen LogP contribution is 2.23. The number of aromatic amines is 1. The summed E-state index contributed by atoms with van der Waals surface area (Å²) in [5, 5.41) is 18.4. The lowest BCUT2D eigenvalue weighted by molar-refractivity contribution is 0.0951. The zero-order valence-electron chi connectivity index (χ0n) is 10.9. The molecule has 2 aliphatic heterocycles. The molecule has 5 N–H and O–H groups in total. The highest BCUT2D eigenvalue weighted by atomic mass is 16.3. The average Bonchev–Trinajstić information content (AvgIpc) is 2.72. The van der Waals surface area contributed by atoms with Crippen LogP contribution in [0.3, 0.4) is 0 Å². The molecule has 2 heterocycles. The number of nitrogens with two attached hydrogens (primary N) is 1. The van der Waals surface area contributed by atoms with Crippen molar-refractivity contribution < 1.29 is 10.2 Å². The van der Waals surface area contributed by atoms with Crippen molar-refractivity contribution in [2.75, 3.05) is 25.9 Å². The molecule has 2 rings (SSSR count). The summed E-state index contributed by atoms with van der Waals surface area (Å²) in [6, 6.07) is 0. The zero-order valence-corrected chi connectivity index (χ0v) is 10.9. The second kappa shape index (κ2) is 5.96. The van der Waals surface area contributed by atoms with Crippen LogP contribution in [0.4, 0.5) is 5.95 Å². The number of nitrogens with zero attached hydrogens (tertiary/aromatic N) is 3. The van der Waals surface area contributed by atoms with Crippen molar-refractivity contribution >= 4 is 5.95 Å². The topological polar surface area (TPSA) is 111 Å². The molecule has 0 bridgehead atoms. The van der Waals surface area contributed by atoms with Gasteiger partial charge in [0.2, 0.25) is 0 Å². The van der Waals surface area contributed by atoms with E-state index in [-0.39, 0.29) is 6.61 Å². The van der Waals surface area contributed by atoms with Gasteiger partial charge < -0.3 is 20.9 Å². The lowest BCUT2D eigenvalue weighted by Gasteiger charge is -2.19. The molecule has 104 valence electrons. The molecular weight excluding hydrogens is 246 g/mol. The smallest absolute Gasteiger partial charge is 0.198 e. The highest BCUT2D eigenvalue weighted by Gasteiger charge is 2.16. The van der Waals surface area contributed by atoms with Crippen LogP contribution in [0.15, 0.2) is 12.4 Å². The number of aliphatic hydroxyl groups excluding tert-OH is 2. The van der Waals surface area contributed by atoms with Crippen LogP contribution >= 0.6 is 0 Å². The lowest BCUT2D eigenvalue weighted by Crippen LogP contribution is -2.29. The quantitative estimate of drug-likeness (QED) is 0.569. The van der Waals surface area contributed by atoms with Gasteiger partial charge in [0.05, 0.1) is 6.10 Å². The van der Waals surface area contributed by atoms with E-state index >= 15 is 0 Å². The van der Waals surface area contributed by atoms with Crippen molar-refractivity contribution in [3.8, 4) is 11.4 Å². The van der Waals surface area contributed by atoms with Crippen LogP contribution in [0.5, 0.6) is 0 Å². The first-order valence-corrected chi connectivity index (χ1v) is 6.16. The van der Waals surface area contributed by atoms with Crippen molar-refractivity contribution in [3.05, 3.63) is 18.0 Å². The third-order valence-corrected chi connectivity index (χ3v) is 2.92. The number of nitrogen functional groups attached to an aromatic ring is 1. The summed E-state index contributed by atoms with van der Waals surface area (Å²) < 4.78 is 0. The molecule has 1 unspecified atom stereocenters. The molecule has 0 spiro atoms. The molecule has 0 amide bonds. The van der Waals surface area contributed by atoms with Gasteiger partial charge in [0.1, 0.15) is 11.4 Å². The van der Waals surface area contributed by atoms with E-state index in [9.17, 15) is 5.11 Å². The van der Waals surface area contributed by atoms with Crippen molar-refractivity contribution in [3.63, 3.8) is 0 Å². The Morgan fingerprint density at radius 3 is 3.05 bits per heavy atom. The predicted octanol–water partition coefficient (Wildman–Crippen LogP) is -0.333. The summed E-state index contributed by atoms with van der Waals surface area (Å²) in [4.78, 5) is 13.3. The minimum Gasteiger partial charge on any atom is -0.396 e. The Kier molecular flexibility index (Phi) is 4.31. The standard InChI is InChI=1S/C12H19N5O2/c1-17(7-9(19)2-3-18)6-8-4-14-10-5-15-12(13)16-11(8)10/h4-5,9,18-19H,2-3,6-7H2,1H3,(H3,13,15,16). The van der Waals surface area contributed by atoms with E-state index in [1.54, 1.807) is 12.4 Å². The Labute approximate surface area is 111 Å². The third-order valence-electron chi connectivity index (χ3n) is 2.92. The largest absolute Gasteiger partial charge is 0.396 e. The maximum atomic E-state index is 9.65. The molecule has 0 aromatic heterocycles. The van der Waals surface area contributed by atoms with Crippen LogP contribution < -0.4 is 5.73 Å². The normalized spacial score (nSPS) is 13.3. The van der Waals surface area contributed by atoms with E-state index in [4.69, 9.17) is 10.8 Å². The minimum atomic E-state index is -0.532. The second-order valence-electron chi connectivity index (χ2n) is 4.67. The molecular formula is C12H19N5O2. The van der Waals surface area contributed by atoms with Gasteiger partial charge in [-0.3, -0.25) is 9.88 Å². The van der Waals surface area contributed by atoms with Crippen molar-refractivity contribution in [1.29, 1.82) is 0 Å². The molecule has 19 heavy (non-hydrogen) atoms. The number of rotatable bonds is 6. The summed E-state index contributed by atoms with van der Waals surface area (Å²) >= 11 is 0. The SMILES string of the molecule is CN(Cc1cnc2c[nH]c(N)nc1-2)CC(O)CCO. The van der Waals surface area contributed by atoms with Crippen LogP contribution in [0.1, 0.15) is 12.0 Å². The molecule has 0 saturated heterocycles. The summed E-state index contributed by atoms with van der Waals surface area (Å²) in [7, 11) is 1.90. The maximum Gasteiger partial charge on any atom is 0.198 e. The van der Waals surface area contributed by atoms with Gasteiger partial charge in [-0.1, -0.05) is 0 Å². The fourth-order valence-electron chi connectivity index (χ4n) is 2.04. The lowest BCUT2D eigenvalue weighted by atomic mass is 10.2. The van der Waals surface area contributed by atoms with E-state index in [0.29, 0.717) is 25.5 Å². The van der Waals surface area contributed by atoms with Gasteiger partial charge in [0, 0.05) is 37.7 Å². The maximum absolute atomic E-state index is 9.65. The van der Waals surface area contributed by atoms with Crippen molar-refractivity contribution in [1.82, 2.24) is 19.9 Å². The van der Waals surface area contributed by atoms with Crippen LogP contribution in [-0.4, -0.2) is 56.4 Å². The summed E-state index contributed by atoms with van der Waals surface area (Å²) in [6.07, 6.45) is 3.34. The number of likely N-dealkylation sites (N-methyl/N-ethyl adjacent to an activating group) is 1.